The maximum atomic E-state index is 14.1. The molecule has 0 atom stereocenters. The molecule has 170 valence electrons. The summed E-state index contributed by atoms with van der Waals surface area (Å²) in [7, 11) is 0. The Labute approximate surface area is 194 Å². The molecule has 1 heterocycles. The number of carbonyl (C=O) groups is 2. The number of benzene rings is 3. The Morgan fingerprint density at radius 2 is 1.79 bits per heavy atom. The van der Waals surface area contributed by atoms with Crippen LogP contribution in [0.5, 0.6) is 0 Å². The van der Waals surface area contributed by atoms with Gasteiger partial charge < -0.3 is 15.5 Å². The highest BCUT2D eigenvalue weighted by Crippen LogP contribution is 2.29. The van der Waals surface area contributed by atoms with Crippen molar-refractivity contribution in [1.29, 1.82) is 0 Å². The third kappa shape index (κ3) is 5.40. The van der Waals surface area contributed by atoms with E-state index < -0.39 is 17.7 Å². The van der Waals surface area contributed by atoms with Gasteiger partial charge in [-0.1, -0.05) is 29.8 Å². The molecule has 1 fully saturated rings. The Morgan fingerprint density at radius 3 is 2.61 bits per heavy atom. The Hall–Kier alpha value is -3.65. The summed E-state index contributed by atoms with van der Waals surface area (Å²) in [6.07, 6.45) is 0.631. The monoisotopic (exact) mass is 470 g/mol. The van der Waals surface area contributed by atoms with Crippen molar-refractivity contribution in [1.82, 2.24) is 4.90 Å². The lowest BCUT2D eigenvalue weighted by atomic mass is 10.1. The summed E-state index contributed by atoms with van der Waals surface area (Å²) >= 11 is 5.96. The van der Waals surface area contributed by atoms with E-state index in [-0.39, 0.29) is 18.1 Å². The van der Waals surface area contributed by atoms with E-state index in [4.69, 9.17) is 11.6 Å². The van der Waals surface area contributed by atoms with E-state index >= 15 is 0 Å². The first-order valence-corrected chi connectivity index (χ1v) is 10.7. The van der Waals surface area contributed by atoms with Crippen LogP contribution in [-0.4, -0.2) is 30.1 Å². The van der Waals surface area contributed by atoms with Crippen LogP contribution in [0.3, 0.4) is 0 Å². The van der Waals surface area contributed by atoms with Crippen molar-refractivity contribution in [3.63, 3.8) is 0 Å². The second kappa shape index (κ2) is 9.87. The molecule has 1 saturated heterocycles. The maximum absolute atomic E-state index is 14.1. The SMILES string of the molecule is O=C(Nc1cccc(Cl)c1)Nc1ccccc1N1CCCN(Cc2cc(F)ccc2F)C1=O. The molecule has 0 unspecified atom stereocenters. The fraction of sp³-hybridized carbons (Fsp3) is 0.167. The van der Waals surface area contributed by atoms with E-state index in [1.165, 1.54) is 9.80 Å². The van der Waals surface area contributed by atoms with Gasteiger partial charge in [-0.05, 0) is 55.0 Å². The summed E-state index contributed by atoms with van der Waals surface area (Å²) < 4.78 is 27.7. The number of hydrogen-bond acceptors (Lipinski definition) is 2. The molecule has 4 rings (SSSR count). The van der Waals surface area contributed by atoms with E-state index in [0.29, 0.717) is 41.6 Å². The highest BCUT2D eigenvalue weighted by molar-refractivity contribution is 6.30. The Balaban J connectivity index is 1.51. The largest absolute Gasteiger partial charge is 0.324 e. The Bertz CT molecular complexity index is 1190. The van der Waals surface area contributed by atoms with Gasteiger partial charge in [-0.3, -0.25) is 4.90 Å². The quantitative estimate of drug-likeness (QED) is 0.473. The molecule has 3 aromatic rings. The van der Waals surface area contributed by atoms with Gasteiger partial charge in [0.05, 0.1) is 17.9 Å². The molecule has 0 saturated carbocycles. The highest BCUT2D eigenvalue weighted by Gasteiger charge is 2.29. The minimum absolute atomic E-state index is 0.0518. The van der Waals surface area contributed by atoms with Crippen LogP contribution in [0.15, 0.2) is 66.7 Å². The van der Waals surface area contributed by atoms with Gasteiger partial charge in [0.15, 0.2) is 0 Å². The summed E-state index contributed by atoms with van der Waals surface area (Å²) in [5.74, 6) is -1.13. The zero-order chi connectivity index (χ0) is 23.4. The second-order valence-corrected chi connectivity index (χ2v) is 7.99. The standard InChI is InChI=1S/C24H21ClF2N4O2/c25-17-5-3-6-19(14-17)28-23(32)29-21-7-1-2-8-22(21)31-12-4-11-30(24(31)33)15-16-13-18(26)9-10-20(16)27/h1-3,5-10,13-14H,4,11-12,15H2,(H2,28,29,32). The van der Waals surface area contributed by atoms with Crippen LogP contribution in [0, 0.1) is 11.6 Å². The van der Waals surface area contributed by atoms with Crippen molar-refractivity contribution in [2.45, 2.75) is 13.0 Å². The molecule has 9 heteroatoms. The second-order valence-electron chi connectivity index (χ2n) is 7.55. The van der Waals surface area contributed by atoms with Crippen molar-refractivity contribution in [2.24, 2.45) is 0 Å². The molecular formula is C24H21ClF2N4O2. The number of hydrogen-bond donors (Lipinski definition) is 2. The molecule has 0 aliphatic carbocycles. The average molecular weight is 471 g/mol. The van der Waals surface area contributed by atoms with Gasteiger partial charge in [0.1, 0.15) is 11.6 Å². The number of amides is 4. The van der Waals surface area contributed by atoms with Crippen molar-refractivity contribution >= 4 is 40.7 Å². The Kier molecular flexibility index (Phi) is 6.74. The van der Waals surface area contributed by atoms with Crippen LogP contribution in [0.2, 0.25) is 5.02 Å². The highest BCUT2D eigenvalue weighted by atomic mass is 35.5. The maximum Gasteiger partial charge on any atom is 0.324 e. The van der Waals surface area contributed by atoms with Gasteiger partial charge >= 0.3 is 12.1 Å². The lowest BCUT2D eigenvalue weighted by Gasteiger charge is -2.36. The first kappa shape index (κ1) is 22.5. The molecule has 6 nitrogen and oxygen atoms in total. The van der Waals surface area contributed by atoms with Crippen LogP contribution in [0.25, 0.3) is 0 Å². The molecular weight excluding hydrogens is 450 g/mol. The predicted molar refractivity (Wildman–Crippen MR) is 125 cm³/mol. The average Bonchev–Trinajstić information content (AvgIpc) is 2.78. The third-order valence-electron chi connectivity index (χ3n) is 5.21. The van der Waals surface area contributed by atoms with E-state index in [0.717, 1.165) is 18.2 Å². The molecule has 33 heavy (non-hydrogen) atoms. The van der Waals surface area contributed by atoms with Crippen LogP contribution in [0.1, 0.15) is 12.0 Å². The van der Waals surface area contributed by atoms with Gasteiger partial charge in [-0.15, -0.1) is 0 Å². The topological polar surface area (TPSA) is 64.7 Å². The first-order valence-electron chi connectivity index (χ1n) is 10.3. The van der Waals surface area contributed by atoms with E-state index in [9.17, 15) is 18.4 Å². The van der Waals surface area contributed by atoms with Gasteiger partial charge in [0.25, 0.3) is 0 Å². The van der Waals surface area contributed by atoms with Crippen LogP contribution >= 0.6 is 11.6 Å². The van der Waals surface area contributed by atoms with E-state index in [2.05, 4.69) is 10.6 Å². The van der Waals surface area contributed by atoms with E-state index in [1.54, 1.807) is 48.5 Å². The fourth-order valence-corrected chi connectivity index (χ4v) is 3.88. The number of urea groups is 2. The van der Waals surface area contributed by atoms with Gasteiger partial charge in [-0.2, -0.15) is 0 Å². The molecule has 3 aromatic carbocycles. The number of halogens is 3. The van der Waals surface area contributed by atoms with Gasteiger partial charge in [0.2, 0.25) is 0 Å². The zero-order valence-electron chi connectivity index (χ0n) is 17.5. The number of para-hydroxylation sites is 2. The summed E-state index contributed by atoms with van der Waals surface area (Å²) in [5, 5.41) is 5.95. The molecule has 0 spiro atoms. The molecule has 0 aromatic heterocycles. The number of rotatable bonds is 5. The van der Waals surface area contributed by atoms with Crippen LogP contribution in [-0.2, 0) is 6.54 Å². The minimum atomic E-state index is -0.568. The first-order chi connectivity index (χ1) is 15.9. The molecule has 0 bridgehead atoms. The van der Waals surface area contributed by atoms with Crippen molar-refractivity contribution in [3.05, 3.63) is 89.0 Å². The summed E-state index contributed by atoms with van der Waals surface area (Å²) in [6.45, 7) is 0.787. The number of nitrogens with one attached hydrogen (secondary N) is 2. The Morgan fingerprint density at radius 1 is 0.970 bits per heavy atom. The van der Waals surface area contributed by atoms with E-state index in [1.807, 2.05) is 0 Å². The summed E-state index contributed by atoms with van der Waals surface area (Å²) in [6, 6.07) is 16.0. The van der Waals surface area contributed by atoms with Crippen molar-refractivity contribution in [2.75, 3.05) is 28.6 Å². The minimum Gasteiger partial charge on any atom is -0.320 e. The van der Waals surface area contributed by atoms with Crippen molar-refractivity contribution < 1.29 is 18.4 Å². The lowest BCUT2D eigenvalue weighted by molar-refractivity contribution is 0.191. The number of anilines is 3. The molecule has 0 radical (unpaired) electrons. The third-order valence-corrected chi connectivity index (χ3v) is 5.44. The predicted octanol–water partition coefficient (Wildman–Crippen LogP) is 6.09. The van der Waals surface area contributed by atoms with Crippen LogP contribution in [0.4, 0.5) is 35.4 Å². The lowest BCUT2D eigenvalue weighted by Crippen LogP contribution is -2.49. The number of nitrogens with zero attached hydrogens (tertiary/aromatic N) is 2. The fourth-order valence-electron chi connectivity index (χ4n) is 3.69. The summed E-state index contributed by atoms with van der Waals surface area (Å²) in [4.78, 5) is 28.7. The smallest absolute Gasteiger partial charge is 0.320 e. The van der Waals surface area contributed by atoms with Crippen molar-refractivity contribution in [3.8, 4) is 0 Å². The molecule has 1 aliphatic rings. The molecule has 4 amide bonds. The normalized spacial score (nSPS) is 13.7. The zero-order valence-corrected chi connectivity index (χ0v) is 18.3. The molecule has 2 N–H and O–H groups in total. The van der Waals surface area contributed by atoms with Gasteiger partial charge in [-0.25, -0.2) is 18.4 Å². The number of carbonyl (C=O) groups excluding carboxylic acids is 2. The molecule has 1 aliphatic heterocycles. The summed E-state index contributed by atoms with van der Waals surface area (Å²) in [5.41, 5.74) is 1.57. The van der Waals surface area contributed by atoms with Gasteiger partial charge in [0, 0.05) is 29.4 Å². The van der Waals surface area contributed by atoms with Crippen LogP contribution < -0.4 is 15.5 Å².